The predicted octanol–water partition coefficient (Wildman–Crippen LogP) is 2.21. The van der Waals surface area contributed by atoms with Crippen molar-refractivity contribution in [3.05, 3.63) is 17.8 Å². The van der Waals surface area contributed by atoms with E-state index in [4.69, 9.17) is 4.42 Å². The molecule has 0 bridgehead atoms. The van der Waals surface area contributed by atoms with Gasteiger partial charge in [-0.3, -0.25) is 9.80 Å². The van der Waals surface area contributed by atoms with Crippen LogP contribution in [0.4, 0.5) is 0 Å². The Bertz CT molecular complexity index is 403. The molecule has 0 radical (unpaired) electrons. The van der Waals surface area contributed by atoms with Gasteiger partial charge in [-0.25, -0.2) is 4.98 Å². The van der Waals surface area contributed by atoms with Gasteiger partial charge in [0, 0.05) is 25.7 Å². The van der Waals surface area contributed by atoms with Crippen molar-refractivity contribution in [2.45, 2.75) is 45.2 Å². The molecule has 2 saturated heterocycles. The molecular weight excluding hydrogens is 226 g/mol. The number of piperazine rings is 1. The van der Waals surface area contributed by atoms with E-state index in [1.807, 2.05) is 13.1 Å². The minimum atomic E-state index is 0.308. The van der Waals surface area contributed by atoms with Crippen LogP contribution < -0.4 is 0 Å². The van der Waals surface area contributed by atoms with Gasteiger partial charge in [0.1, 0.15) is 5.76 Å². The highest BCUT2D eigenvalue weighted by atomic mass is 16.4. The molecule has 0 N–H and O–H groups in total. The molecule has 0 aliphatic carbocycles. The first-order chi connectivity index (χ1) is 8.74. The van der Waals surface area contributed by atoms with E-state index in [0.717, 1.165) is 24.2 Å². The van der Waals surface area contributed by atoms with Crippen LogP contribution in [0.1, 0.15) is 43.9 Å². The van der Waals surface area contributed by atoms with Crippen LogP contribution in [-0.2, 0) is 0 Å². The van der Waals surface area contributed by atoms with Crippen LogP contribution in [-0.4, -0.2) is 47.0 Å². The average molecular weight is 249 g/mol. The van der Waals surface area contributed by atoms with Gasteiger partial charge in [0.05, 0.1) is 12.2 Å². The summed E-state index contributed by atoms with van der Waals surface area (Å²) in [7, 11) is 0. The lowest BCUT2D eigenvalue weighted by Gasteiger charge is -2.45. The van der Waals surface area contributed by atoms with Gasteiger partial charge >= 0.3 is 0 Å². The summed E-state index contributed by atoms with van der Waals surface area (Å²) in [5, 5.41) is 0. The zero-order chi connectivity index (χ0) is 12.5. The van der Waals surface area contributed by atoms with E-state index < -0.39 is 0 Å². The second-order valence-electron chi connectivity index (χ2n) is 5.67. The number of nitrogens with zero attached hydrogens (tertiary/aromatic N) is 3. The Morgan fingerprint density at radius 1 is 1.33 bits per heavy atom. The van der Waals surface area contributed by atoms with Crippen LogP contribution in [0, 0.1) is 6.92 Å². The van der Waals surface area contributed by atoms with Gasteiger partial charge in [-0.2, -0.15) is 0 Å². The van der Waals surface area contributed by atoms with E-state index in [1.54, 1.807) is 0 Å². The molecule has 4 heteroatoms. The first-order valence-electron chi connectivity index (χ1n) is 7.14. The molecule has 2 atom stereocenters. The van der Waals surface area contributed by atoms with Crippen LogP contribution in [0.5, 0.6) is 0 Å². The van der Waals surface area contributed by atoms with Gasteiger partial charge in [0.15, 0.2) is 0 Å². The summed E-state index contributed by atoms with van der Waals surface area (Å²) in [5.41, 5.74) is 0. The predicted molar refractivity (Wildman–Crippen MR) is 70.4 cm³/mol. The molecule has 2 fully saturated rings. The van der Waals surface area contributed by atoms with Crippen molar-refractivity contribution in [1.29, 1.82) is 0 Å². The zero-order valence-electron chi connectivity index (χ0n) is 11.4. The van der Waals surface area contributed by atoms with Crippen LogP contribution >= 0.6 is 0 Å². The smallest absolute Gasteiger partial charge is 0.211 e. The number of hydrogen-bond donors (Lipinski definition) is 0. The summed E-state index contributed by atoms with van der Waals surface area (Å²) in [6.45, 7) is 8.98. The Morgan fingerprint density at radius 3 is 3.00 bits per heavy atom. The highest BCUT2D eigenvalue weighted by Crippen LogP contribution is 2.27. The van der Waals surface area contributed by atoms with Gasteiger partial charge in [-0.1, -0.05) is 6.42 Å². The molecule has 0 amide bonds. The maximum absolute atomic E-state index is 5.67. The third-order valence-corrected chi connectivity index (χ3v) is 4.41. The fourth-order valence-corrected chi connectivity index (χ4v) is 3.25. The molecule has 100 valence electrons. The number of piperidine rings is 1. The van der Waals surface area contributed by atoms with Crippen LogP contribution in [0.15, 0.2) is 10.6 Å². The molecule has 0 aromatic carbocycles. The van der Waals surface area contributed by atoms with E-state index >= 15 is 0 Å². The molecule has 2 unspecified atom stereocenters. The Labute approximate surface area is 109 Å². The van der Waals surface area contributed by atoms with E-state index in [1.165, 1.54) is 38.9 Å². The van der Waals surface area contributed by atoms with Crippen molar-refractivity contribution in [1.82, 2.24) is 14.8 Å². The average Bonchev–Trinajstić information content (AvgIpc) is 2.84. The summed E-state index contributed by atoms with van der Waals surface area (Å²) >= 11 is 0. The topological polar surface area (TPSA) is 32.5 Å². The summed E-state index contributed by atoms with van der Waals surface area (Å²) in [4.78, 5) is 9.56. The van der Waals surface area contributed by atoms with Crippen LogP contribution in [0.3, 0.4) is 0 Å². The summed E-state index contributed by atoms with van der Waals surface area (Å²) in [5.74, 6) is 1.78. The van der Waals surface area contributed by atoms with Gasteiger partial charge in [-0.05, 0) is 33.2 Å². The fraction of sp³-hybridized carbons (Fsp3) is 0.786. The zero-order valence-corrected chi connectivity index (χ0v) is 11.4. The summed E-state index contributed by atoms with van der Waals surface area (Å²) in [6.07, 6.45) is 5.95. The van der Waals surface area contributed by atoms with Gasteiger partial charge in [0.25, 0.3) is 0 Å². The minimum absolute atomic E-state index is 0.308. The maximum Gasteiger partial charge on any atom is 0.211 e. The Balaban J connectivity index is 1.66. The molecule has 18 heavy (non-hydrogen) atoms. The third-order valence-electron chi connectivity index (χ3n) is 4.41. The Hall–Kier alpha value is -0.870. The minimum Gasteiger partial charge on any atom is -0.444 e. The Kier molecular flexibility index (Phi) is 3.39. The molecule has 0 spiro atoms. The van der Waals surface area contributed by atoms with Crippen molar-refractivity contribution in [2.24, 2.45) is 0 Å². The van der Waals surface area contributed by atoms with Gasteiger partial charge in [-0.15, -0.1) is 0 Å². The number of fused-ring (bicyclic) bond motifs is 1. The lowest BCUT2D eigenvalue weighted by Crippen LogP contribution is -2.55. The van der Waals surface area contributed by atoms with Crippen LogP contribution in [0.25, 0.3) is 0 Å². The lowest BCUT2D eigenvalue weighted by molar-refractivity contribution is 0.0249. The molecule has 3 rings (SSSR count). The molecular formula is C14H23N3O. The van der Waals surface area contributed by atoms with E-state index in [9.17, 15) is 0 Å². The first kappa shape index (κ1) is 12.2. The van der Waals surface area contributed by atoms with Crippen molar-refractivity contribution < 1.29 is 4.42 Å². The maximum atomic E-state index is 5.67. The van der Waals surface area contributed by atoms with Crippen molar-refractivity contribution >= 4 is 0 Å². The van der Waals surface area contributed by atoms with Crippen molar-refractivity contribution in [3.63, 3.8) is 0 Å². The lowest BCUT2D eigenvalue weighted by atomic mass is 9.99. The molecule has 3 heterocycles. The van der Waals surface area contributed by atoms with Gasteiger partial charge in [0.2, 0.25) is 5.89 Å². The van der Waals surface area contributed by atoms with E-state index in [0.29, 0.717) is 6.04 Å². The number of rotatable bonds is 2. The van der Waals surface area contributed by atoms with Crippen molar-refractivity contribution in [3.8, 4) is 0 Å². The standard InChI is InChI=1S/C14H23N3O/c1-11-9-15-14(18-11)12(2)17-8-7-16-6-4-3-5-13(16)10-17/h9,12-13H,3-8,10H2,1-2H3. The van der Waals surface area contributed by atoms with E-state index in [-0.39, 0.29) is 0 Å². The quantitative estimate of drug-likeness (QED) is 0.804. The SMILES string of the molecule is Cc1cnc(C(C)N2CCN3CCCCC3C2)o1. The normalized spacial score (nSPS) is 28.0. The monoisotopic (exact) mass is 249 g/mol. The number of aryl methyl sites for hydroxylation is 1. The molecule has 2 aliphatic heterocycles. The highest BCUT2D eigenvalue weighted by molar-refractivity contribution is 4.97. The van der Waals surface area contributed by atoms with E-state index in [2.05, 4.69) is 21.7 Å². The Morgan fingerprint density at radius 2 is 2.22 bits per heavy atom. The number of aromatic nitrogens is 1. The van der Waals surface area contributed by atoms with Crippen molar-refractivity contribution in [2.75, 3.05) is 26.2 Å². The third kappa shape index (κ3) is 2.31. The molecule has 2 aliphatic rings. The van der Waals surface area contributed by atoms with Gasteiger partial charge < -0.3 is 4.42 Å². The first-order valence-corrected chi connectivity index (χ1v) is 7.14. The molecule has 4 nitrogen and oxygen atoms in total. The number of oxazole rings is 1. The fourth-order valence-electron chi connectivity index (χ4n) is 3.25. The second-order valence-corrected chi connectivity index (χ2v) is 5.67. The number of hydrogen-bond acceptors (Lipinski definition) is 4. The van der Waals surface area contributed by atoms with Crippen LogP contribution in [0.2, 0.25) is 0 Å². The highest BCUT2D eigenvalue weighted by Gasteiger charge is 2.32. The molecule has 1 aromatic rings. The molecule has 1 aromatic heterocycles. The summed E-state index contributed by atoms with van der Waals surface area (Å²) < 4.78 is 5.67. The summed E-state index contributed by atoms with van der Waals surface area (Å²) in [6, 6.07) is 1.06. The largest absolute Gasteiger partial charge is 0.444 e. The molecule has 0 saturated carbocycles. The second kappa shape index (κ2) is 5.02.